The SMILES string of the molecule is C[C@@H]1O[C@H](O[C@@H]2[C@H](O)C[C@H](O[C@@H]3[C@H](O)C[C@H](O[C@@H]4CC[C@]5(C)[C@H](CCC[C@]56CC[C@]5(C)[C@H](C7=CC(=O)OC7)CC[C@]5(O)C6)C4)O[C@@H]3C)O[C@@H]2C)C[C@H](O)[C@H]1O. The number of esters is 1. The van der Waals surface area contributed by atoms with Crippen LogP contribution in [-0.4, -0.2) is 124 Å². The number of ether oxygens (including phenoxy) is 7. The van der Waals surface area contributed by atoms with Crippen LogP contribution in [0.25, 0.3) is 0 Å². The predicted octanol–water partition coefficient (Wildman–Crippen LogP) is 3.78. The van der Waals surface area contributed by atoms with Crippen molar-refractivity contribution < 1.29 is 63.5 Å². The summed E-state index contributed by atoms with van der Waals surface area (Å²) in [6.45, 7) is 10.4. The van der Waals surface area contributed by atoms with Crippen LogP contribution in [0.15, 0.2) is 11.6 Å². The number of aliphatic hydroxyl groups is 5. The highest BCUT2D eigenvalue weighted by Gasteiger charge is 2.67. The van der Waals surface area contributed by atoms with Crippen molar-refractivity contribution in [2.75, 3.05) is 6.61 Å². The molecule has 4 saturated carbocycles. The van der Waals surface area contributed by atoms with Gasteiger partial charge in [-0.25, -0.2) is 4.79 Å². The van der Waals surface area contributed by atoms with E-state index in [0.29, 0.717) is 12.5 Å². The number of cyclic esters (lactones) is 1. The highest BCUT2D eigenvalue weighted by Crippen LogP contribution is 2.72. The molecule has 5 N–H and O–H groups in total. The van der Waals surface area contributed by atoms with Gasteiger partial charge in [0.1, 0.15) is 24.9 Å². The number of carbonyl (C=O) groups excluding carboxylic acids is 1. The van der Waals surface area contributed by atoms with Gasteiger partial charge in [-0.2, -0.15) is 0 Å². The topological polar surface area (TPSA) is 183 Å². The van der Waals surface area contributed by atoms with Crippen molar-refractivity contribution in [3.8, 4) is 0 Å². The van der Waals surface area contributed by atoms with Crippen molar-refractivity contribution in [1.82, 2.24) is 0 Å². The molecule has 13 heteroatoms. The Bertz CT molecular complexity index is 1410. The smallest absolute Gasteiger partial charge is 0.331 e. The molecule has 8 aliphatic rings. The third-order valence-corrected chi connectivity index (χ3v) is 16.3. The Morgan fingerprint density at radius 3 is 1.91 bits per heavy atom. The van der Waals surface area contributed by atoms with Crippen molar-refractivity contribution in [1.29, 1.82) is 0 Å². The quantitative estimate of drug-likeness (QED) is 0.186. The van der Waals surface area contributed by atoms with E-state index in [-0.39, 0.29) is 53.5 Å². The number of hydrogen-bond acceptors (Lipinski definition) is 13. The first-order valence-corrected chi connectivity index (χ1v) is 21.3. The second kappa shape index (κ2) is 15.1. The van der Waals surface area contributed by atoms with Crippen LogP contribution in [0.2, 0.25) is 0 Å². The number of fused-ring (bicyclic) bond motifs is 3. The van der Waals surface area contributed by atoms with Crippen LogP contribution in [0, 0.1) is 28.1 Å². The molecule has 4 aliphatic heterocycles. The molecule has 0 unspecified atom stereocenters. The van der Waals surface area contributed by atoms with Crippen LogP contribution < -0.4 is 0 Å². The minimum absolute atomic E-state index is 0.0184. The predicted molar refractivity (Wildman–Crippen MR) is 196 cm³/mol. The molecule has 4 aliphatic carbocycles. The van der Waals surface area contributed by atoms with E-state index in [1.54, 1.807) is 19.9 Å². The summed E-state index contributed by atoms with van der Waals surface area (Å²) in [6.07, 6.45) is 4.06. The van der Waals surface area contributed by atoms with Crippen LogP contribution in [-0.2, 0) is 38.0 Å². The van der Waals surface area contributed by atoms with E-state index in [0.717, 1.165) is 76.2 Å². The van der Waals surface area contributed by atoms with Gasteiger partial charge in [0.15, 0.2) is 18.9 Å². The van der Waals surface area contributed by atoms with Crippen molar-refractivity contribution in [3.05, 3.63) is 11.6 Å². The summed E-state index contributed by atoms with van der Waals surface area (Å²) >= 11 is 0. The molecule has 0 aromatic heterocycles. The van der Waals surface area contributed by atoms with E-state index < -0.39 is 79.4 Å². The summed E-state index contributed by atoms with van der Waals surface area (Å²) < 4.78 is 42.3. The zero-order valence-corrected chi connectivity index (χ0v) is 33.3. The van der Waals surface area contributed by atoms with Crippen LogP contribution in [0.4, 0.5) is 0 Å². The molecule has 0 aromatic carbocycles. The highest BCUT2D eigenvalue weighted by atomic mass is 16.7. The molecule has 8 rings (SSSR count). The molecule has 0 aromatic rings. The molecule has 13 nitrogen and oxygen atoms in total. The lowest BCUT2D eigenvalue weighted by atomic mass is 9.40. The summed E-state index contributed by atoms with van der Waals surface area (Å²) in [4.78, 5) is 11.9. The maximum atomic E-state index is 12.5. The van der Waals surface area contributed by atoms with Crippen LogP contribution in [0.1, 0.15) is 125 Å². The van der Waals surface area contributed by atoms with Gasteiger partial charge in [0.2, 0.25) is 0 Å². The fraction of sp³-hybridized carbons (Fsp3) is 0.929. The number of hydrogen-bond donors (Lipinski definition) is 5. The van der Waals surface area contributed by atoms with Crippen molar-refractivity contribution in [2.24, 2.45) is 28.1 Å². The Morgan fingerprint density at radius 2 is 1.31 bits per heavy atom. The highest BCUT2D eigenvalue weighted by molar-refractivity contribution is 5.85. The maximum absolute atomic E-state index is 12.5. The maximum Gasteiger partial charge on any atom is 0.331 e. The minimum Gasteiger partial charge on any atom is -0.458 e. The van der Waals surface area contributed by atoms with E-state index in [1.165, 1.54) is 0 Å². The van der Waals surface area contributed by atoms with Crippen molar-refractivity contribution in [2.45, 2.75) is 210 Å². The molecule has 7 fully saturated rings. The molecule has 4 heterocycles. The Morgan fingerprint density at radius 1 is 0.691 bits per heavy atom. The largest absolute Gasteiger partial charge is 0.458 e. The third-order valence-electron chi connectivity index (χ3n) is 16.3. The summed E-state index contributed by atoms with van der Waals surface area (Å²) in [7, 11) is 0. The number of aliphatic hydroxyl groups excluding tert-OH is 4. The van der Waals surface area contributed by atoms with Gasteiger partial charge >= 0.3 is 5.97 Å². The molecular weight excluding hydrogens is 712 g/mol. The standard InChI is InChI=1S/C42H66O13/c1-22-36(47)29(43)17-34(50-22)54-38-24(3)52-35(19-31(38)45)55-37-23(2)51-33(18-30(37)44)53-27-8-11-39(4)26(16-27)7-6-10-41(39)14-13-40(5)28(9-12-42(40,48)21-41)25-15-32(46)49-20-25/h15,22-24,26-31,33-38,43-45,47-48H,6-14,16-21H2,1-5H3/t22-,23+,24+,26+,27+,28-,29-,30+,31+,33-,34+,35-,36-,37-,38-,39+,40+,41+,42-/m0/s1. The van der Waals surface area contributed by atoms with Crippen molar-refractivity contribution in [3.63, 3.8) is 0 Å². The Labute approximate surface area is 325 Å². The normalized spacial score (nSPS) is 54.4. The van der Waals surface area contributed by atoms with E-state index in [1.807, 2.05) is 6.92 Å². The summed E-state index contributed by atoms with van der Waals surface area (Å²) in [6, 6.07) is 0. The minimum atomic E-state index is -0.996. The number of carbonyl (C=O) groups is 1. The molecule has 3 saturated heterocycles. The average Bonchev–Trinajstić information content (AvgIpc) is 3.66. The van der Waals surface area contributed by atoms with Gasteiger partial charge in [0, 0.05) is 30.8 Å². The van der Waals surface area contributed by atoms with Crippen molar-refractivity contribution >= 4 is 5.97 Å². The van der Waals surface area contributed by atoms with Gasteiger partial charge in [-0.05, 0) is 113 Å². The average molecular weight is 779 g/mol. The first kappa shape index (κ1) is 40.5. The summed E-state index contributed by atoms with van der Waals surface area (Å²) in [5, 5.41) is 55.0. The molecule has 1 spiro atoms. The monoisotopic (exact) mass is 778 g/mol. The van der Waals surface area contributed by atoms with Gasteiger partial charge in [0.05, 0.1) is 48.3 Å². The Balaban J connectivity index is 0.838. The summed E-state index contributed by atoms with van der Waals surface area (Å²) in [5.41, 5.74) is 0.227. The van der Waals surface area contributed by atoms with Gasteiger partial charge in [0.25, 0.3) is 0 Å². The molecule has 0 radical (unpaired) electrons. The fourth-order valence-corrected chi connectivity index (χ4v) is 12.9. The van der Waals surface area contributed by atoms with E-state index >= 15 is 0 Å². The van der Waals surface area contributed by atoms with E-state index in [4.69, 9.17) is 33.2 Å². The van der Waals surface area contributed by atoms with E-state index in [2.05, 4.69) is 13.8 Å². The molecule has 19 atom stereocenters. The zero-order chi connectivity index (χ0) is 39.1. The lowest BCUT2D eigenvalue weighted by Crippen LogP contribution is -2.61. The molecule has 0 amide bonds. The fourth-order valence-electron chi connectivity index (χ4n) is 12.9. The molecular formula is C42H66O13. The second-order valence-corrected chi connectivity index (χ2v) is 19.3. The van der Waals surface area contributed by atoms with Gasteiger partial charge < -0.3 is 58.7 Å². The molecule has 312 valence electrons. The summed E-state index contributed by atoms with van der Waals surface area (Å²) in [5.74, 6) is 0.411. The van der Waals surface area contributed by atoms with Gasteiger partial charge in [-0.3, -0.25) is 0 Å². The zero-order valence-electron chi connectivity index (χ0n) is 33.3. The first-order valence-electron chi connectivity index (χ1n) is 21.3. The Kier molecular flexibility index (Phi) is 11.1. The lowest BCUT2D eigenvalue weighted by Gasteiger charge is -2.65. The van der Waals surface area contributed by atoms with E-state index in [9.17, 15) is 30.3 Å². The number of rotatable bonds is 7. The second-order valence-electron chi connectivity index (χ2n) is 19.3. The van der Waals surface area contributed by atoms with Crippen LogP contribution in [0.5, 0.6) is 0 Å². The van der Waals surface area contributed by atoms with Crippen LogP contribution >= 0.6 is 0 Å². The van der Waals surface area contributed by atoms with Crippen LogP contribution in [0.3, 0.4) is 0 Å². The van der Waals surface area contributed by atoms with Gasteiger partial charge in [-0.1, -0.05) is 20.3 Å². The third kappa shape index (κ3) is 7.17. The Hall–Kier alpha value is -1.23. The molecule has 0 bridgehead atoms. The lowest BCUT2D eigenvalue weighted by molar-refractivity contribution is -0.336. The molecule has 55 heavy (non-hydrogen) atoms. The first-order chi connectivity index (χ1) is 26.0. The van der Waals surface area contributed by atoms with Gasteiger partial charge in [-0.15, -0.1) is 0 Å².